The highest BCUT2D eigenvalue weighted by Gasteiger charge is 2.49. The van der Waals surface area contributed by atoms with E-state index in [-0.39, 0.29) is 44.2 Å². The normalized spacial score (nSPS) is 15.8. The molecule has 3 atom stereocenters. The lowest BCUT2D eigenvalue weighted by atomic mass is 9.78. The number of amides is 5. The number of benzene rings is 2. The Kier molecular flexibility index (Phi) is 61.7. The van der Waals surface area contributed by atoms with Gasteiger partial charge in [0.15, 0.2) is 0 Å². The predicted molar refractivity (Wildman–Crippen MR) is 451 cm³/mol. The maximum Gasteiger partial charge on any atom is 0.287 e. The van der Waals surface area contributed by atoms with Gasteiger partial charge in [-0.1, -0.05) is 358 Å². The minimum absolute atomic E-state index is 0.00794. The highest BCUT2D eigenvalue weighted by molar-refractivity contribution is 6.39. The molecule has 0 radical (unpaired) electrons. The third-order valence-electron chi connectivity index (χ3n) is 24.2. The molecule has 3 aromatic rings. The molecule has 2 saturated carbocycles. The van der Waals surface area contributed by atoms with Crippen LogP contribution in [0.2, 0.25) is 0 Å². The van der Waals surface area contributed by atoms with Gasteiger partial charge in [0.25, 0.3) is 17.7 Å². The second-order valence-corrected chi connectivity index (χ2v) is 34.6. The van der Waals surface area contributed by atoms with E-state index in [1.54, 1.807) is 36.7 Å². The van der Waals surface area contributed by atoms with Crippen LogP contribution in [0.3, 0.4) is 0 Å². The molecule has 39 nitrogen and oxygen atoms in total. The highest BCUT2D eigenvalue weighted by atomic mass is 18.0. The van der Waals surface area contributed by atoms with Crippen LogP contribution < -0.4 is 21.7 Å². The largest absolute Gasteiger partial charge is 0.384 e. The fraction of sp³-hybridized carbons (Fsp3) is 0.795. The number of unbranched alkanes of at least 4 members (excludes halogenated alkanes) is 46. The number of nitrogens with two attached hydrogens (primary N) is 1. The van der Waals surface area contributed by atoms with Crippen molar-refractivity contribution in [3.63, 3.8) is 0 Å². The number of primary amides is 1. The first-order valence-electron chi connectivity index (χ1n) is 47.4. The quantitative estimate of drug-likeness (QED) is 0.0132. The van der Waals surface area contributed by atoms with Gasteiger partial charge in [0.1, 0.15) is 23.2 Å². The van der Waals surface area contributed by atoms with E-state index in [0.717, 1.165) is 81.4 Å². The molecule has 0 bridgehead atoms. The Hall–Kier alpha value is -6.14. The van der Waals surface area contributed by atoms with Gasteiger partial charge in [-0.15, -0.1) is 5.10 Å². The summed E-state index contributed by atoms with van der Waals surface area (Å²) >= 11 is 0. The van der Waals surface area contributed by atoms with Crippen molar-refractivity contribution in [1.82, 2.24) is 35.8 Å². The summed E-state index contributed by atoms with van der Waals surface area (Å²) in [5.41, 5.74) is 3.99. The number of likely N-dealkylation sites (tertiary alicyclic amines) is 1. The van der Waals surface area contributed by atoms with Crippen molar-refractivity contribution in [2.75, 3.05) is 19.7 Å². The highest BCUT2D eigenvalue weighted by Crippen LogP contribution is 2.37. The molecular formula is C88H148N8O31. The van der Waals surface area contributed by atoms with Crippen LogP contribution in [0.25, 0.3) is 10.8 Å². The fourth-order valence-electron chi connectivity index (χ4n) is 17.3. The number of aromatic nitrogens is 3. The Balaban J connectivity index is 0.632. The Labute approximate surface area is 746 Å². The number of nitrogens with zero attached hydrogens (tertiary/aromatic N) is 4. The first-order valence-corrected chi connectivity index (χ1v) is 47.4. The van der Waals surface area contributed by atoms with Crippen molar-refractivity contribution in [2.24, 2.45) is 11.7 Å². The summed E-state index contributed by atoms with van der Waals surface area (Å²) in [6.07, 6.45) is 71.6. The molecule has 0 spiro atoms. The molecule has 39 heteroatoms. The van der Waals surface area contributed by atoms with Crippen LogP contribution in [0.1, 0.15) is 425 Å². The van der Waals surface area contributed by atoms with E-state index in [4.69, 9.17) is 15.9 Å². The van der Waals surface area contributed by atoms with Crippen LogP contribution in [0.4, 0.5) is 0 Å². The number of carbonyl (C=O) groups excluding carboxylic acids is 6. The number of Topliss-reactive ketones (excluding diaryl/α,β-unsaturated/α-hetero) is 1. The molecule has 127 heavy (non-hydrogen) atoms. The smallest absolute Gasteiger partial charge is 0.287 e. The third kappa shape index (κ3) is 49.8. The van der Waals surface area contributed by atoms with E-state index in [2.05, 4.69) is 137 Å². The monoisotopic (exact) mass is 1810 g/mol. The summed E-state index contributed by atoms with van der Waals surface area (Å²) < 4.78 is 1.54. The summed E-state index contributed by atoms with van der Waals surface area (Å²) in [6, 6.07) is 8.01. The van der Waals surface area contributed by atoms with E-state index in [1.807, 2.05) is 18.2 Å². The lowest BCUT2D eigenvalue weighted by Gasteiger charge is -2.38. The molecule has 1 saturated heterocycles. The fourth-order valence-corrected chi connectivity index (χ4v) is 17.3. The lowest BCUT2D eigenvalue weighted by molar-refractivity contribution is -0.899. The van der Waals surface area contributed by atoms with E-state index in [0.29, 0.717) is 42.6 Å². The van der Waals surface area contributed by atoms with Crippen molar-refractivity contribution in [1.29, 1.82) is 0 Å². The molecule has 2 heterocycles. The van der Waals surface area contributed by atoms with E-state index < -0.39 is 58.7 Å². The zero-order valence-electron chi connectivity index (χ0n) is 75.3. The van der Waals surface area contributed by atoms with Crippen LogP contribution in [0.5, 0.6) is 0 Å². The minimum atomic E-state index is -1.50. The Morgan fingerprint density at radius 3 is 1.17 bits per heavy atom. The SMILES string of the molecule is CC(C)(O)c1cnnn1[C@H]1C[C@@H](C(=O)NC2(C(=O)C(N)=O)CCCCC2)N(C(=O)[C@@H](CC2CCCCC2)NC(=O)c2ccc3cc(C(=O)NCCCCCCCCCCCCCCCCCCCCCCCCCCCCCCCCCCCCCCCCCCCCCCCCCOOOOOOOOOOOOOOOOOOOOOOOO)ccc3c2)C1. The molecule has 2 aromatic carbocycles. The van der Waals surface area contributed by atoms with E-state index >= 15 is 4.79 Å². The average Bonchev–Trinajstić information content (AvgIpc) is 1.64. The summed E-state index contributed by atoms with van der Waals surface area (Å²) in [4.78, 5) is 89.7. The number of fused-ring (bicyclic) bond motifs is 1. The van der Waals surface area contributed by atoms with Gasteiger partial charge < -0.3 is 31.7 Å². The van der Waals surface area contributed by atoms with Crippen LogP contribution >= 0.6 is 0 Å². The van der Waals surface area contributed by atoms with E-state index in [9.17, 15) is 29.1 Å². The molecule has 1 aromatic heterocycles. The summed E-state index contributed by atoms with van der Waals surface area (Å²) in [5.74, 6) is -3.49. The van der Waals surface area contributed by atoms with Gasteiger partial charge in [0.05, 0.1) is 24.5 Å². The van der Waals surface area contributed by atoms with Crippen LogP contribution in [-0.2, 0) is 141 Å². The topological polar surface area (TPSA) is 451 Å². The summed E-state index contributed by atoms with van der Waals surface area (Å²) in [7, 11) is 0. The van der Waals surface area contributed by atoms with Crippen molar-refractivity contribution >= 4 is 46.1 Å². The molecule has 2 aliphatic carbocycles. The van der Waals surface area contributed by atoms with Crippen LogP contribution in [0.15, 0.2) is 42.6 Å². The molecule has 3 aliphatic rings. The number of hydrogen-bond donors (Lipinski definition) is 6. The molecule has 3 fully saturated rings. The maximum atomic E-state index is 15.2. The molecule has 6 rings (SSSR count). The number of carbonyl (C=O) groups is 6. The molecule has 726 valence electrons. The Morgan fingerprint density at radius 1 is 0.457 bits per heavy atom. The molecule has 5 amide bonds. The number of nitrogens with one attached hydrogen (secondary N) is 3. The van der Waals surface area contributed by atoms with Gasteiger partial charge in [-0.05, 0) is 168 Å². The summed E-state index contributed by atoms with van der Waals surface area (Å²) in [5, 5.41) is 118. The minimum Gasteiger partial charge on any atom is -0.384 e. The number of aliphatic hydroxyl groups is 1. The van der Waals surface area contributed by atoms with Gasteiger partial charge in [-0.25, -0.2) is 14.8 Å². The molecule has 1 aliphatic heterocycles. The second kappa shape index (κ2) is 71.5. The van der Waals surface area contributed by atoms with Gasteiger partial charge in [-0.3, -0.25) is 28.8 Å². The van der Waals surface area contributed by atoms with Crippen molar-refractivity contribution in [2.45, 2.75) is 422 Å². The van der Waals surface area contributed by atoms with Crippen LogP contribution in [-0.4, -0.2) is 103 Å². The van der Waals surface area contributed by atoms with Crippen molar-refractivity contribution < 1.29 is 155 Å². The zero-order chi connectivity index (χ0) is 90.4. The van der Waals surface area contributed by atoms with E-state index in [1.165, 1.54) is 281 Å². The lowest BCUT2D eigenvalue weighted by Crippen LogP contribution is -2.62. The number of rotatable bonds is 84. The zero-order valence-corrected chi connectivity index (χ0v) is 75.3. The van der Waals surface area contributed by atoms with Crippen LogP contribution in [0, 0.1) is 5.92 Å². The standard InChI is InChI=1S/C88H148N8O31/c1-87(2,103)80-70-91-94-96(80)77-69-79(85(101)93-88(81(97)82(89)98)62-52-49-53-63-88)95(71-77)86(102)78(66-72-56-50-48-51-57-72)92-84(100)76-61-59-73-67-75(60-58-74(73)68-76)83(99)90-64-54-46-44-42-40-38-36-34-32-30-28-26-24-22-20-18-16-14-12-10-8-6-4-3-5-7-9-11-13-15-17-19-21-23-25-27-29-31-33-35-37-39-41-43-45-47-55-65-105-107-109-111-113-115-117-119-121-123-125-127-126-124-122-120-118-116-114-112-110-108-106-104/h58-61,67-68,70,72,77-79,103-104H,3-57,62-66,69,71H2,1-2H3,(H2,89,98)(H,90,99)(H,92,100)(H,93,101)/t77-,78+,79-/m0/s1. The van der Waals surface area contributed by atoms with Gasteiger partial charge in [-0.2, -0.15) is 0 Å². The second-order valence-electron chi connectivity index (χ2n) is 34.6. The van der Waals surface area contributed by atoms with Gasteiger partial charge in [0.2, 0.25) is 17.6 Å². The number of hydrogen-bond acceptors (Lipinski definition) is 33. The summed E-state index contributed by atoms with van der Waals surface area (Å²) in [6.45, 7) is 4.10. The number of ketones is 1. The Bertz CT molecular complexity index is 3320. The first-order chi connectivity index (χ1) is 62.2. The molecular weight excluding hydrogens is 1660 g/mol. The third-order valence-corrected chi connectivity index (χ3v) is 24.2. The predicted octanol–water partition coefficient (Wildman–Crippen LogP) is 19.5. The van der Waals surface area contributed by atoms with Gasteiger partial charge in [0, 0.05) is 60.9 Å². The van der Waals surface area contributed by atoms with Gasteiger partial charge >= 0.3 is 0 Å². The maximum absolute atomic E-state index is 15.2. The van der Waals surface area contributed by atoms with Crippen molar-refractivity contribution in [3.8, 4) is 0 Å². The Morgan fingerprint density at radius 2 is 0.803 bits per heavy atom. The average molecular weight is 1810 g/mol. The first kappa shape index (κ1) is 110. The molecule has 0 unspecified atom stereocenters. The molecule has 7 N–H and O–H groups in total. The van der Waals surface area contributed by atoms with Crippen molar-refractivity contribution in [3.05, 3.63) is 59.4 Å².